The summed E-state index contributed by atoms with van der Waals surface area (Å²) in [6.07, 6.45) is 2.17. The van der Waals surface area contributed by atoms with Gasteiger partial charge in [-0.25, -0.2) is 0 Å². The van der Waals surface area contributed by atoms with Gasteiger partial charge >= 0.3 is 0 Å². The SMILES string of the molecule is CCCc1ccc(C(=O)Nc2ccccc2)cc1OCC1CO1. The summed E-state index contributed by atoms with van der Waals surface area (Å²) in [5, 5.41) is 2.89. The van der Waals surface area contributed by atoms with Crippen LogP contribution in [0.2, 0.25) is 0 Å². The Morgan fingerprint density at radius 1 is 1.26 bits per heavy atom. The van der Waals surface area contributed by atoms with E-state index in [2.05, 4.69) is 12.2 Å². The van der Waals surface area contributed by atoms with Gasteiger partial charge in [0, 0.05) is 11.3 Å². The lowest BCUT2D eigenvalue weighted by atomic mass is 10.1. The minimum Gasteiger partial charge on any atom is -0.490 e. The molecule has 0 bridgehead atoms. The van der Waals surface area contributed by atoms with Gasteiger partial charge in [0.05, 0.1) is 6.61 Å². The molecule has 0 radical (unpaired) electrons. The molecule has 1 heterocycles. The van der Waals surface area contributed by atoms with Gasteiger partial charge in [0.1, 0.15) is 18.5 Å². The zero-order valence-electron chi connectivity index (χ0n) is 13.2. The Labute approximate surface area is 136 Å². The summed E-state index contributed by atoms with van der Waals surface area (Å²) >= 11 is 0. The van der Waals surface area contributed by atoms with Crippen molar-refractivity contribution in [2.24, 2.45) is 0 Å². The summed E-state index contributed by atoms with van der Waals surface area (Å²) in [7, 11) is 0. The van der Waals surface area contributed by atoms with Crippen LogP contribution in [0.25, 0.3) is 0 Å². The topological polar surface area (TPSA) is 50.9 Å². The van der Waals surface area contributed by atoms with Crippen molar-refractivity contribution in [2.45, 2.75) is 25.9 Å². The number of hydrogen-bond donors (Lipinski definition) is 1. The number of epoxide rings is 1. The van der Waals surface area contributed by atoms with Crippen LogP contribution in [-0.4, -0.2) is 25.2 Å². The summed E-state index contributed by atoms with van der Waals surface area (Å²) in [5.74, 6) is 0.648. The third kappa shape index (κ3) is 4.33. The fourth-order valence-corrected chi connectivity index (χ4v) is 2.38. The van der Waals surface area contributed by atoms with Gasteiger partial charge in [0.2, 0.25) is 0 Å². The van der Waals surface area contributed by atoms with Gasteiger partial charge in [-0.2, -0.15) is 0 Å². The van der Waals surface area contributed by atoms with Crippen molar-refractivity contribution in [3.8, 4) is 5.75 Å². The average molecular weight is 311 g/mol. The lowest BCUT2D eigenvalue weighted by Gasteiger charge is -2.12. The third-order valence-corrected chi connectivity index (χ3v) is 3.71. The molecule has 120 valence electrons. The number of anilines is 1. The molecule has 1 saturated heterocycles. The molecule has 0 aromatic heterocycles. The van der Waals surface area contributed by atoms with Crippen LogP contribution in [0.15, 0.2) is 48.5 Å². The molecule has 1 aliphatic rings. The number of rotatable bonds is 7. The molecule has 1 N–H and O–H groups in total. The highest BCUT2D eigenvalue weighted by molar-refractivity contribution is 6.04. The Kier molecular flexibility index (Phi) is 4.93. The van der Waals surface area contributed by atoms with Gasteiger partial charge in [-0.05, 0) is 36.2 Å². The number of ether oxygens (including phenoxy) is 2. The molecule has 1 unspecified atom stereocenters. The Bertz CT molecular complexity index is 666. The van der Waals surface area contributed by atoms with Crippen LogP contribution in [0.1, 0.15) is 29.3 Å². The summed E-state index contributed by atoms with van der Waals surface area (Å²) in [5.41, 5.74) is 2.51. The van der Waals surface area contributed by atoms with Crippen molar-refractivity contribution in [1.29, 1.82) is 0 Å². The minimum atomic E-state index is -0.133. The second-order valence-corrected chi connectivity index (χ2v) is 5.66. The lowest BCUT2D eigenvalue weighted by molar-refractivity contribution is 0.102. The zero-order chi connectivity index (χ0) is 16.1. The van der Waals surface area contributed by atoms with Crippen molar-refractivity contribution < 1.29 is 14.3 Å². The number of carbonyl (C=O) groups excluding carboxylic acids is 1. The van der Waals surface area contributed by atoms with E-state index in [1.165, 1.54) is 0 Å². The molecule has 0 spiro atoms. The standard InChI is InChI=1S/C19H21NO3/c1-2-6-14-9-10-15(11-18(14)23-13-17-12-22-17)19(21)20-16-7-4-3-5-8-16/h3-5,7-11,17H,2,6,12-13H2,1H3,(H,20,21). The summed E-state index contributed by atoms with van der Waals surface area (Å²) in [6.45, 7) is 3.43. The summed E-state index contributed by atoms with van der Waals surface area (Å²) in [6, 6.07) is 15.1. The van der Waals surface area contributed by atoms with E-state index in [4.69, 9.17) is 9.47 Å². The van der Waals surface area contributed by atoms with E-state index in [0.29, 0.717) is 12.2 Å². The Balaban J connectivity index is 1.75. The molecule has 1 aliphatic heterocycles. The lowest BCUT2D eigenvalue weighted by Crippen LogP contribution is -2.13. The molecule has 1 fully saturated rings. The Morgan fingerprint density at radius 2 is 2.04 bits per heavy atom. The van der Waals surface area contributed by atoms with E-state index in [0.717, 1.165) is 36.4 Å². The second kappa shape index (κ2) is 7.29. The molecule has 0 aliphatic carbocycles. The molecule has 0 saturated carbocycles. The number of aryl methyl sites for hydroxylation is 1. The first-order chi connectivity index (χ1) is 11.3. The van der Waals surface area contributed by atoms with Gasteiger partial charge in [0.15, 0.2) is 0 Å². The van der Waals surface area contributed by atoms with Gasteiger partial charge in [0.25, 0.3) is 5.91 Å². The average Bonchev–Trinajstić information content (AvgIpc) is 3.39. The summed E-state index contributed by atoms with van der Waals surface area (Å²) < 4.78 is 11.0. The molecule has 2 aromatic carbocycles. The number of para-hydroxylation sites is 1. The minimum absolute atomic E-state index is 0.133. The van der Waals surface area contributed by atoms with E-state index in [1.54, 1.807) is 0 Å². The maximum atomic E-state index is 12.4. The van der Waals surface area contributed by atoms with Crippen LogP contribution >= 0.6 is 0 Å². The fourth-order valence-electron chi connectivity index (χ4n) is 2.38. The maximum Gasteiger partial charge on any atom is 0.255 e. The Hall–Kier alpha value is -2.33. The number of carbonyl (C=O) groups is 1. The van der Waals surface area contributed by atoms with Crippen LogP contribution < -0.4 is 10.1 Å². The predicted molar refractivity (Wildman–Crippen MR) is 90.1 cm³/mol. The largest absolute Gasteiger partial charge is 0.490 e. The van der Waals surface area contributed by atoms with Crippen molar-refractivity contribution in [1.82, 2.24) is 0 Å². The van der Waals surface area contributed by atoms with Crippen molar-refractivity contribution in [3.63, 3.8) is 0 Å². The first-order valence-electron chi connectivity index (χ1n) is 8.00. The molecule has 4 nitrogen and oxygen atoms in total. The van der Waals surface area contributed by atoms with E-state index in [1.807, 2.05) is 48.5 Å². The second-order valence-electron chi connectivity index (χ2n) is 5.66. The van der Waals surface area contributed by atoms with E-state index < -0.39 is 0 Å². The molecule has 1 atom stereocenters. The van der Waals surface area contributed by atoms with E-state index in [9.17, 15) is 4.79 Å². The highest BCUT2D eigenvalue weighted by Gasteiger charge is 2.23. The van der Waals surface area contributed by atoms with Crippen LogP contribution in [-0.2, 0) is 11.2 Å². The Morgan fingerprint density at radius 3 is 2.74 bits per heavy atom. The monoisotopic (exact) mass is 311 g/mol. The first-order valence-corrected chi connectivity index (χ1v) is 8.00. The van der Waals surface area contributed by atoms with Crippen molar-refractivity contribution in [2.75, 3.05) is 18.5 Å². The molecule has 2 aromatic rings. The maximum absolute atomic E-state index is 12.4. The smallest absolute Gasteiger partial charge is 0.255 e. The van der Waals surface area contributed by atoms with Crippen LogP contribution in [0.5, 0.6) is 5.75 Å². The van der Waals surface area contributed by atoms with E-state index in [-0.39, 0.29) is 12.0 Å². The number of benzene rings is 2. The predicted octanol–water partition coefficient (Wildman–Crippen LogP) is 3.67. The van der Waals surface area contributed by atoms with Crippen LogP contribution in [0.3, 0.4) is 0 Å². The molecule has 4 heteroatoms. The molecular formula is C19H21NO3. The highest BCUT2D eigenvalue weighted by atomic mass is 16.6. The molecule has 3 rings (SSSR count). The first kappa shape index (κ1) is 15.6. The number of amides is 1. The highest BCUT2D eigenvalue weighted by Crippen LogP contribution is 2.24. The third-order valence-electron chi connectivity index (χ3n) is 3.71. The van der Waals surface area contributed by atoms with Crippen LogP contribution in [0, 0.1) is 0 Å². The summed E-state index contributed by atoms with van der Waals surface area (Å²) in [4.78, 5) is 12.4. The normalized spacial score (nSPS) is 16.0. The number of hydrogen-bond acceptors (Lipinski definition) is 3. The number of nitrogens with one attached hydrogen (secondary N) is 1. The molecule has 1 amide bonds. The molecule has 23 heavy (non-hydrogen) atoms. The quantitative estimate of drug-likeness (QED) is 0.794. The van der Waals surface area contributed by atoms with Crippen LogP contribution in [0.4, 0.5) is 5.69 Å². The van der Waals surface area contributed by atoms with Crippen molar-refractivity contribution in [3.05, 3.63) is 59.7 Å². The van der Waals surface area contributed by atoms with Gasteiger partial charge in [-0.1, -0.05) is 37.6 Å². The van der Waals surface area contributed by atoms with E-state index >= 15 is 0 Å². The van der Waals surface area contributed by atoms with Gasteiger partial charge in [-0.15, -0.1) is 0 Å². The fraction of sp³-hybridized carbons (Fsp3) is 0.316. The van der Waals surface area contributed by atoms with Gasteiger partial charge < -0.3 is 14.8 Å². The zero-order valence-corrected chi connectivity index (χ0v) is 13.2. The van der Waals surface area contributed by atoms with Crippen molar-refractivity contribution >= 4 is 11.6 Å². The molecular weight excluding hydrogens is 290 g/mol. The van der Waals surface area contributed by atoms with Gasteiger partial charge in [-0.3, -0.25) is 4.79 Å².